The molecule has 0 aliphatic carbocycles. The van der Waals surface area contributed by atoms with Crippen LogP contribution in [-0.2, 0) is 0 Å². The van der Waals surface area contributed by atoms with Crippen LogP contribution in [-0.4, -0.2) is 5.45 Å². The van der Waals surface area contributed by atoms with Crippen LogP contribution >= 0.6 is 0 Å². The van der Waals surface area contributed by atoms with Crippen molar-refractivity contribution in [2.24, 2.45) is 5.84 Å². The summed E-state index contributed by atoms with van der Waals surface area (Å²) >= 11 is 0. The van der Waals surface area contributed by atoms with Crippen LogP contribution in [0.3, 0.4) is 0 Å². The molecule has 0 amide bonds. The third-order valence-corrected chi connectivity index (χ3v) is 0. The van der Waals surface area contributed by atoms with E-state index in [4.69, 9.17) is 0 Å². The molecule has 0 bridgehead atoms. The maximum Gasteiger partial charge on any atom is 1.00 e. The van der Waals surface area contributed by atoms with E-state index in [0.29, 0.717) is 0 Å². The predicted octanol–water partition coefficient (Wildman–Crippen LogP) is 0.0436. The van der Waals surface area contributed by atoms with E-state index in [2.05, 4.69) is 5.84 Å². The molecule has 0 atom stereocenters. The molecule has 2 N–H and O–H groups in total. The van der Waals surface area contributed by atoms with E-state index in [9.17, 15) is 8.96 Å². The molecule has 0 aromatic heterocycles. The summed E-state index contributed by atoms with van der Waals surface area (Å²) in [6, 6.07) is 0. The van der Waals surface area contributed by atoms with E-state index in [-0.39, 0.29) is 1.43 Å². The Bertz CT molecular complexity index is 12.4. The molecule has 2 nitrogen and oxygen atoms in total. The van der Waals surface area contributed by atoms with Crippen molar-refractivity contribution in [2.75, 3.05) is 0 Å². The van der Waals surface area contributed by atoms with Crippen molar-refractivity contribution in [3.63, 3.8) is 0 Å². The molecule has 0 radical (unpaired) electrons. The second-order valence-corrected chi connectivity index (χ2v) is 0.259. The highest BCUT2D eigenvalue weighted by Gasteiger charge is 1.72. The van der Waals surface area contributed by atoms with Crippen molar-refractivity contribution in [3.05, 3.63) is 0 Å². The minimum atomic E-state index is -1.50. The average Bonchev–Trinajstić information content (AvgIpc) is 0.811. The van der Waals surface area contributed by atoms with Gasteiger partial charge in [0.1, 0.15) is 0 Å². The molecule has 0 aromatic carbocycles. The van der Waals surface area contributed by atoms with Crippen LogP contribution < -0.4 is 5.84 Å². The third kappa shape index (κ3) is 22.4. The van der Waals surface area contributed by atoms with Gasteiger partial charge < -0.3 is 0 Å². The smallest absolute Gasteiger partial charge is 0.211 e. The zero-order valence-electron chi connectivity index (χ0n) is 2.78. The fourth-order valence-corrected chi connectivity index (χ4v) is 0. The van der Waals surface area contributed by atoms with Crippen LogP contribution in [0.25, 0.3) is 0 Å². The molecule has 4 heavy (non-hydrogen) atoms. The van der Waals surface area contributed by atoms with Gasteiger partial charge in [-0.15, -0.1) is 0 Å². The highest BCUT2D eigenvalue weighted by atomic mass is 19.4. The van der Waals surface area contributed by atoms with Crippen molar-refractivity contribution in [1.29, 1.82) is 0 Å². The standard InChI is InChI=1S/F2H2N2/c1-4(2)3/h3H2/p+1. The second kappa shape index (κ2) is 1.14. The van der Waals surface area contributed by atoms with Gasteiger partial charge in [0.2, 0.25) is 0 Å². The first-order valence-corrected chi connectivity index (χ1v) is 0.596. The summed E-state index contributed by atoms with van der Waals surface area (Å²) in [7, 11) is 0. The monoisotopic (exact) mass is 69.0 g/mol. The number of hydrogen-bond acceptors (Lipinski definition) is 2. The fourth-order valence-electron chi connectivity index (χ4n) is 0. The Hall–Kier alpha value is -0.220. The van der Waals surface area contributed by atoms with Gasteiger partial charge in [-0.05, 0) is 0 Å². The van der Waals surface area contributed by atoms with Crippen LogP contribution in [0.4, 0.5) is 8.96 Å². The van der Waals surface area contributed by atoms with Gasteiger partial charge in [-0.1, -0.05) is 8.96 Å². The summed E-state index contributed by atoms with van der Waals surface area (Å²) in [6.45, 7) is 0. The van der Waals surface area contributed by atoms with Crippen LogP contribution in [0.1, 0.15) is 1.43 Å². The Labute approximate surface area is 23.1 Å². The van der Waals surface area contributed by atoms with Crippen molar-refractivity contribution in [1.82, 2.24) is 5.45 Å². The summed E-state index contributed by atoms with van der Waals surface area (Å²) in [4.78, 5) is 0. The topological polar surface area (TPSA) is 29.3 Å². The van der Waals surface area contributed by atoms with E-state index in [1.807, 2.05) is 0 Å². The number of rotatable bonds is 0. The summed E-state index contributed by atoms with van der Waals surface area (Å²) in [5.74, 6) is 3.61. The zero-order valence-corrected chi connectivity index (χ0v) is 1.78. The Morgan fingerprint density at radius 3 is 1.75 bits per heavy atom. The third-order valence-electron chi connectivity index (χ3n) is 0. The van der Waals surface area contributed by atoms with Gasteiger partial charge in [0.15, 0.2) is 0 Å². The molecule has 0 aliphatic rings. The maximum absolute atomic E-state index is 9.94. The first-order chi connectivity index (χ1) is 1.73. The highest BCUT2D eigenvalue weighted by molar-refractivity contribution is 3.49. The molecule has 0 saturated carbocycles. The number of hydrazine groups is 1. The molecule has 0 rings (SSSR count). The highest BCUT2D eigenvalue weighted by Crippen LogP contribution is 1.66. The molecule has 0 saturated heterocycles. The quantitative estimate of drug-likeness (QED) is 0.247. The normalized spacial score (nSPS) is 9.00. The van der Waals surface area contributed by atoms with Crippen molar-refractivity contribution < 1.29 is 10.4 Å². The SMILES string of the molecule is NN(F)F.[H+]. The lowest BCUT2D eigenvalue weighted by Gasteiger charge is -1.75. The van der Waals surface area contributed by atoms with Crippen molar-refractivity contribution in [3.8, 4) is 0 Å². The Kier molecular flexibility index (Phi) is 1.08. The molecular weight excluding hydrogens is 66.0 g/mol. The predicted molar refractivity (Wildman–Crippen MR) is 9.35 cm³/mol. The Morgan fingerprint density at radius 1 is 1.75 bits per heavy atom. The van der Waals surface area contributed by atoms with Crippen LogP contribution in [0.15, 0.2) is 0 Å². The lowest BCUT2D eigenvalue weighted by molar-refractivity contribution is -0.155. The van der Waals surface area contributed by atoms with Gasteiger partial charge in [-0.2, -0.15) is 0 Å². The number of nitrogens with two attached hydrogens (primary N) is 1. The molecule has 0 heterocycles. The lowest BCUT2D eigenvalue weighted by atomic mass is 12.8. The molecule has 0 unspecified atom stereocenters. The molecule has 0 fully saturated rings. The first kappa shape index (κ1) is 3.78. The largest absolute Gasteiger partial charge is 1.00 e. The Balaban J connectivity index is 0. The van der Waals surface area contributed by atoms with Crippen LogP contribution in [0.5, 0.6) is 0 Å². The summed E-state index contributed by atoms with van der Waals surface area (Å²) in [5, 5.41) is 0. The van der Waals surface area contributed by atoms with Crippen molar-refractivity contribution in [2.45, 2.75) is 0 Å². The van der Waals surface area contributed by atoms with E-state index >= 15 is 0 Å². The minimum Gasteiger partial charge on any atom is -0.211 e. The van der Waals surface area contributed by atoms with Crippen LogP contribution in [0, 0.1) is 0 Å². The first-order valence-electron chi connectivity index (χ1n) is 0.596. The van der Waals surface area contributed by atoms with E-state index < -0.39 is 5.45 Å². The van der Waals surface area contributed by atoms with Gasteiger partial charge in [-0.25, -0.2) is 5.84 Å². The van der Waals surface area contributed by atoms with Crippen molar-refractivity contribution >= 4 is 0 Å². The van der Waals surface area contributed by atoms with E-state index in [1.165, 1.54) is 0 Å². The van der Waals surface area contributed by atoms with Gasteiger partial charge in [0.25, 0.3) is 0 Å². The maximum atomic E-state index is 9.94. The molecule has 26 valence electrons. The minimum absolute atomic E-state index is 0. The van der Waals surface area contributed by atoms with Crippen LogP contribution in [0.2, 0.25) is 0 Å². The van der Waals surface area contributed by atoms with E-state index in [0.717, 1.165) is 0 Å². The number of hydrogen-bond donors (Lipinski definition) is 1. The lowest BCUT2D eigenvalue weighted by Crippen LogP contribution is -2.07. The summed E-state index contributed by atoms with van der Waals surface area (Å²) in [5.41, 5.74) is -1.50. The van der Waals surface area contributed by atoms with Gasteiger partial charge >= 0.3 is 1.43 Å². The zero-order chi connectivity index (χ0) is 3.58. The van der Waals surface area contributed by atoms with Gasteiger partial charge in [-0.3, -0.25) is 0 Å². The fraction of sp³-hybridized carbons (Fsp3) is 0. The molecule has 0 spiro atoms. The molecule has 0 aliphatic heterocycles. The molecular formula is H3F2N2+. The molecule has 4 heteroatoms. The Morgan fingerprint density at radius 2 is 1.75 bits per heavy atom. The van der Waals surface area contributed by atoms with Gasteiger partial charge in [0.05, 0.1) is 5.45 Å². The second-order valence-electron chi connectivity index (χ2n) is 0.259. The number of nitrogens with zero attached hydrogens (tertiary/aromatic N) is 1. The molecule has 0 aromatic rings. The average molecular weight is 69.0 g/mol. The summed E-state index contributed by atoms with van der Waals surface area (Å²) < 4.78 is 19.9. The summed E-state index contributed by atoms with van der Waals surface area (Å²) in [6.07, 6.45) is 0. The number of halogens is 2. The van der Waals surface area contributed by atoms with E-state index in [1.54, 1.807) is 0 Å². The van der Waals surface area contributed by atoms with Gasteiger partial charge in [0, 0.05) is 0 Å².